The molecule has 1 heterocycles. The van der Waals surface area contributed by atoms with Crippen LogP contribution >= 0.6 is 0 Å². The molecule has 3 rings (SSSR count). The molecular formula is C17H22O8. The number of ether oxygens (including phenoxy) is 3. The van der Waals surface area contributed by atoms with Crippen LogP contribution in [-0.2, 0) is 33.4 Å². The van der Waals surface area contributed by atoms with Crippen molar-refractivity contribution in [2.45, 2.75) is 45.8 Å². The first-order valence-electron chi connectivity index (χ1n) is 8.47. The summed E-state index contributed by atoms with van der Waals surface area (Å²) in [6.45, 7) is 4.72. The standard InChI is InChI=1S/C17H22O8/c1-4-17(2,3)16(22)23-6-9(18)24-12-7-5-8-11(10(7)14(19)20)15(21)25-13(8)12/h7-8,10-13H,4-6H2,1-3H3,(H,19,20). The normalized spacial score (nSPS) is 35.4. The Balaban J connectivity index is 1.62. The van der Waals surface area contributed by atoms with E-state index >= 15 is 0 Å². The topological polar surface area (TPSA) is 116 Å². The third-order valence-electron chi connectivity index (χ3n) is 5.86. The number of esters is 3. The predicted molar refractivity (Wildman–Crippen MR) is 81.0 cm³/mol. The molecule has 8 nitrogen and oxygen atoms in total. The Kier molecular flexibility index (Phi) is 4.25. The highest BCUT2D eigenvalue weighted by Gasteiger charge is 2.69. The number of carbonyl (C=O) groups excluding carboxylic acids is 3. The molecule has 25 heavy (non-hydrogen) atoms. The molecule has 3 aliphatic rings. The van der Waals surface area contributed by atoms with Crippen LogP contribution in [0.25, 0.3) is 0 Å². The summed E-state index contributed by atoms with van der Waals surface area (Å²) < 4.78 is 15.6. The maximum atomic E-state index is 12.0. The van der Waals surface area contributed by atoms with Crippen molar-refractivity contribution in [3.63, 3.8) is 0 Å². The number of aliphatic carboxylic acids is 1. The zero-order chi connectivity index (χ0) is 18.5. The monoisotopic (exact) mass is 354 g/mol. The molecule has 0 aromatic rings. The van der Waals surface area contributed by atoms with Gasteiger partial charge in [0.2, 0.25) is 0 Å². The van der Waals surface area contributed by atoms with Crippen LogP contribution in [0.1, 0.15) is 33.6 Å². The zero-order valence-corrected chi connectivity index (χ0v) is 14.4. The first-order chi connectivity index (χ1) is 11.7. The van der Waals surface area contributed by atoms with E-state index in [9.17, 15) is 24.3 Å². The Labute approximate surface area is 144 Å². The molecule has 138 valence electrons. The summed E-state index contributed by atoms with van der Waals surface area (Å²) in [5, 5.41) is 9.40. The van der Waals surface area contributed by atoms with E-state index in [2.05, 4.69) is 0 Å². The van der Waals surface area contributed by atoms with Gasteiger partial charge in [0.1, 0.15) is 12.2 Å². The van der Waals surface area contributed by atoms with Crippen molar-refractivity contribution in [1.82, 2.24) is 0 Å². The maximum Gasteiger partial charge on any atom is 0.344 e. The van der Waals surface area contributed by atoms with Crippen molar-refractivity contribution in [3.05, 3.63) is 0 Å². The van der Waals surface area contributed by atoms with Crippen LogP contribution in [0.3, 0.4) is 0 Å². The molecule has 0 aromatic carbocycles. The van der Waals surface area contributed by atoms with Gasteiger partial charge in [0, 0.05) is 11.8 Å². The average Bonchev–Trinajstić information content (AvgIpc) is 3.15. The van der Waals surface area contributed by atoms with Gasteiger partial charge in [0.25, 0.3) is 0 Å². The van der Waals surface area contributed by atoms with E-state index in [1.54, 1.807) is 13.8 Å². The number of hydrogen-bond acceptors (Lipinski definition) is 7. The summed E-state index contributed by atoms with van der Waals surface area (Å²) in [6, 6.07) is 0. The number of fused-ring (bicyclic) bond motifs is 1. The Morgan fingerprint density at radius 1 is 1.28 bits per heavy atom. The predicted octanol–water partition coefficient (Wildman–Crippen LogP) is 0.770. The van der Waals surface area contributed by atoms with Crippen molar-refractivity contribution >= 4 is 23.9 Å². The van der Waals surface area contributed by atoms with Crippen molar-refractivity contribution in [2.24, 2.45) is 29.1 Å². The van der Waals surface area contributed by atoms with Gasteiger partial charge in [-0.3, -0.25) is 14.4 Å². The number of carboxylic acids is 1. The molecule has 1 aliphatic heterocycles. The highest BCUT2D eigenvalue weighted by atomic mass is 16.6. The molecule has 8 heteroatoms. The summed E-state index contributed by atoms with van der Waals surface area (Å²) in [7, 11) is 0. The molecule has 3 fully saturated rings. The van der Waals surface area contributed by atoms with Crippen LogP contribution < -0.4 is 0 Å². The molecule has 1 N–H and O–H groups in total. The van der Waals surface area contributed by atoms with Gasteiger partial charge in [0.05, 0.1) is 17.3 Å². The van der Waals surface area contributed by atoms with E-state index in [1.807, 2.05) is 6.92 Å². The highest BCUT2D eigenvalue weighted by molar-refractivity contribution is 5.85. The fourth-order valence-corrected chi connectivity index (χ4v) is 4.13. The van der Waals surface area contributed by atoms with Crippen molar-refractivity contribution in [3.8, 4) is 0 Å². The van der Waals surface area contributed by atoms with Gasteiger partial charge < -0.3 is 19.3 Å². The lowest BCUT2D eigenvalue weighted by Gasteiger charge is -2.29. The summed E-state index contributed by atoms with van der Waals surface area (Å²) in [4.78, 5) is 47.3. The van der Waals surface area contributed by atoms with E-state index in [0.29, 0.717) is 12.8 Å². The van der Waals surface area contributed by atoms with Crippen LogP contribution in [0.4, 0.5) is 0 Å². The van der Waals surface area contributed by atoms with E-state index < -0.39 is 65.9 Å². The lowest BCUT2D eigenvalue weighted by molar-refractivity contribution is -0.174. The summed E-state index contributed by atoms with van der Waals surface area (Å²) in [5.74, 6) is -5.08. The lowest BCUT2D eigenvalue weighted by atomic mass is 9.78. The van der Waals surface area contributed by atoms with E-state index in [0.717, 1.165) is 0 Å². The second kappa shape index (κ2) is 6.00. The van der Waals surface area contributed by atoms with Crippen LogP contribution in [-0.4, -0.2) is 47.8 Å². The van der Waals surface area contributed by atoms with Crippen LogP contribution in [0.15, 0.2) is 0 Å². The molecule has 2 saturated carbocycles. The van der Waals surface area contributed by atoms with Gasteiger partial charge in [-0.05, 0) is 26.7 Å². The molecule has 1 saturated heterocycles. The third kappa shape index (κ3) is 2.77. The molecule has 0 aromatic heterocycles. The Morgan fingerprint density at radius 3 is 2.56 bits per heavy atom. The zero-order valence-electron chi connectivity index (χ0n) is 14.4. The van der Waals surface area contributed by atoms with Gasteiger partial charge in [-0.1, -0.05) is 6.92 Å². The number of hydrogen-bond donors (Lipinski definition) is 1. The van der Waals surface area contributed by atoms with E-state index in [1.165, 1.54) is 0 Å². The quantitative estimate of drug-likeness (QED) is 0.549. The summed E-state index contributed by atoms with van der Waals surface area (Å²) in [5.41, 5.74) is -0.699. The Morgan fingerprint density at radius 2 is 1.96 bits per heavy atom. The lowest BCUT2D eigenvalue weighted by Crippen LogP contribution is -2.43. The van der Waals surface area contributed by atoms with E-state index in [4.69, 9.17) is 14.2 Å². The molecule has 0 radical (unpaired) electrons. The third-order valence-corrected chi connectivity index (χ3v) is 5.86. The minimum atomic E-state index is -1.08. The molecule has 2 aliphatic carbocycles. The average molecular weight is 354 g/mol. The highest BCUT2D eigenvalue weighted by Crippen LogP contribution is 2.58. The largest absolute Gasteiger partial charge is 0.481 e. The number of carboxylic acid groups (broad SMARTS) is 1. The van der Waals surface area contributed by atoms with Gasteiger partial charge >= 0.3 is 23.9 Å². The molecule has 6 atom stereocenters. The van der Waals surface area contributed by atoms with Gasteiger partial charge in [-0.15, -0.1) is 0 Å². The Bertz CT molecular complexity index is 624. The first kappa shape index (κ1) is 17.7. The fraction of sp³-hybridized carbons (Fsp3) is 0.765. The van der Waals surface area contributed by atoms with Gasteiger partial charge in [-0.2, -0.15) is 0 Å². The smallest absolute Gasteiger partial charge is 0.344 e. The van der Waals surface area contributed by atoms with Crippen molar-refractivity contribution in [2.75, 3.05) is 6.61 Å². The molecular weight excluding hydrogens is 332 g/mol. The molecule has 2 bridgehead atoms. The second-order valence-electron chi connectivity index (χ2n) is 7.62. The molecule has 0 spiro atoms. The van der Waals surface area contributed by atoms with Gasteiger partial charge in [0.15, 0.2) is 6.61 Å². The van der Waals surface area contributed by atoms with Crippen molar-refractivity contribution in [1.29, 1.82) is 0 Å². The van der Waals surface area contributed by atoms with E-state index in [-0.39, 0.29) is 5.92 Å². The Hall–Kier alpha value is -2.12. The van der Waals surface area contributed by atoms with Crippen LogP contribution in [0.2, 0.25) is 0 Å². The minimum absolute atomic E-state index is 0.224. The van der Waals surface area contributed by atoms with Crippen molar-refractivity contribution < 1.29 is 38.5 Å². The molecule has 0 amide bonds. The second-order valence-corrected chi connectivity index (χ2v) is 7.62. The maximum absolute atomic E-state index is 12.0. The SMILES string of the molecule is CCC(C)(C)C(=O)OCC(=O)OC1C2CC3C1OC(=O)C3C2C(=O)O. The summed E-state index contributed by atoms with van der Waals surface area (Å²) in [6.07, 6.45) is -0.338. The summed E-state index contributed by atoms with van der Waals surface area (Å²) >= 11 is 0. The molecule has 6 unspecified atom stereocenters. The first-order valence-corrected chi connectivity index (χ1v) is 8.47. The number of carbonyl (C=O) groups is 4. The van der Waals surface area contributed by atoms with Crippen LogP contribution in [0.5, 0.6) is 0 Å². The minimum Gasteiger partial charge on any atom is -0.481 e. The van der Waals surface area contributed by atoms with Crippen LogP contribution in [0, 0.1) is 29.1 Å². The fourth-order valence-electron chi connectivity index (χ4n) is 4.13. The van der Waals surface area contributed by atoms with Gasteiger partial charge in [-0.25, -0.2) is 4.79 Å². The number of rotatable bonds is 6.